The van der Waals surface area contributed by atoms with Crippen LogP contribution < -0.4 is 0 Å². The molecule has 0 saturated heterocycles. The highest BCUT2D eigenvalue weighted by atomic mass is 16.4. The van der Waals surface area contributed by atoms with E-state index < -0.39 is 5.97 Å². The molecule has 2 rings (SSSR count). The Balaban J connectivity index is 2.16. The number of oxime groups is 1. The molecule has 0 aromatic heterocycles. The number of carbonyl (C=O) groups is 1. The number of rotatable bonds is 1. The average Bonchev–Trinajstić information content (AvgIpc) is 2.15. The van der Waals surface area contributed by atoms with Gasteiger partial charge in [-0.3, -0.25) is 4.79 Å². The van der Waals surface area contributed by atoms with Gasteiger partial charge in [-0.05, 0) is 25.7 Å². The molecule has 0 aromatic rings. The fourth-order valence-electron chi connectivity index (χ4n) is 2.86. The molecular formula is C10H15NO3. The van der Waals surface area contributed by atoms with Gasteiger partial charge in [0.2, 0.25) is 0 Å². The lowest BCUT2D eigenvalue weighted by molar-refractivity contribution is -0.143. The number of hydrogen-bond donors (Lipinski definition) is 2. The number of hydrogen-bond acceptors (Lipinski definition) is 3. The number of aliphatic carboxylic acids is 1. The standard InChI is InChI=1S/C10H15NO3/c12-10(13)8-4-6-2-1-3-7(5-8)9(6)11-14/h6-8,14H,1-5H2,(H,12,13). The highest BCUT2D eigenvalue weighted by Gasteiger charge is 2.40. The van der Waals surface area contributed by atoms with Crippen molar-refractivity contribution < 1.29 is 15.1 Å². The molecule has 2 fully saturated rings. The Bertz CT molecular complexity index is 259. The van der Waals surface area contributed by atoms with Crippen molar-refractivity contribution in [2.24, 2.45) is 22.9 Å². The van der Waals surface area contributed by atoms with Crippen LogP contribution in [0, 0.1) is 17.8 Å². The first-order valence-corrected chi connectivity index (χ1v) is 5.17. The van der Waals surface area contributed by atoms with Crippen molar-refractivity contribution in [1.82, 2.24) is 0 Å². The first-order valence-electron chi connectivity index (χ1n) is 5.17. The van der Waals surface area contributed by atoms with Gasteiger partial charge in [0.15, 0.2) is 0 Å². The van der Waals surface area contributed by atoms with Crippen molar-refractivity contribution in [2.75, 3.05) is 0 Å². The minimum absolute atomic E-state index is 0.216. The molecule has 0 radical (unpaired) electrons. The maximum atomic E-state index is 10.9. The highest BCUT2D eigenvalue weighted by molar-refractivity contribution is 5.91. The van der Waals surface area contributed by atoms with Gasteiger partial charge in [-0.2, -0.15) is 0 Å². The number of carboxylic acids is 1. The summed E-state index contributed by atoms with van der Waals surface area (Å²) in [5.41, 5.74) is 0.855. The van der Waals surface area contributed by atoms with Gasteiger partial charge in [0.05, 0.1) is 11.6 Å². The van der Waals surface area contributed by atoms with Crippen LogP contribution in [0.2, 0.25) is 0 Å². The Hall–Kier alpha value is -1.06. The Morgan fingerprint density at radius 3 is 2.29 bits per heavy atom. The number of nitrogens with zero attached hydrogens (tertiary/aromatic N) is 1. The van der Waals surface area contributed by atoms with Crippen molar-refractivity contribution in [1.29, 1.82) is 0 Å². The zero-order chi connectivity index (χ0) is 10.1. The minimum Gasteiger partial charge on any atom is -0.481 e. The van der Waals surface area contributed by atoms with Gasteiger partial charge in [0, 0.05) is 11.8 Å². The van der Waals surface area contributed by atoms with Gasteiger partial charge in [-0.1, -0.05) is 11.6 Å². The second-order valence-corrected chi connectivity index (χ2v) is 4.36. The van der Waals surface area contributed by atoms with Gasteiger partial charge >= 0.3 is 5.97 Å². The topological polar surface area (TPSA) is 69.9 Å². The molecule has 2 saturated carbocycles. The molecule has 2 aliphatic rings. The van der Waals surface area contributed by atoms with Gasteiger partial charge < -0.3 is 10.3 Å². The Labute approximate surface area is 82.6 Å². The molecule has 14 heavy (non-hydrogen) atoms. The minimum atomic E-state index is -0.695. The molecule has 0 amide bonds. The highest BCUT2D eigenvalue weighted by Crippen LogP contribution is 2.40. The predicted molar refractivity (Wildman–Crippen MR) is 50.4 cm³/mol. The van der Waals surface area contributed by atoms with Crippen molar-refractivity contribution in [2.45, 2.75) is 32.1 Å². The molecule has 0 aromatic carbocycles. The van der Waals surface area contributed by atoms with Crippen LogP contribution in [-0.2, 0) is 4.79 Å². The van der Waals surface area contributed by atoms with Crippen molar-refractivity contribution in [3.8, 4) is 0 Å². The molecular weight excluding hydrogens is 182 g/mol. The molecule has 0 aliphatic heterocycles. The fraction of sp³-hybridized carbons (Fsp3) is 0.800. The lowest BCUT2D eigenvalue weighted by atomic mass is 9.66. The average molecular weight is 197 g/mol. The van der Waals surface area contributed by atoms with Gasteiger partial charge in [-0.15, -0.1) is 0 Å². The zero-order valence-corrected chi connectivity index (χ0v) is 8.02. The summed E-state index contributed by atoms with van der Waals surface area (Å²) in [6.45, 7) is 0. The fourth-order valence-corrected chi connectivity index (χ4v) is 2.86. The summed E-state index contributed by atoms with van der Waals surface area (Å²) in [4.78, 5) is 10.9. The molecule has 2 unspecified atom stereocenters. The van der Waals surface area contributed by atoms with Crippen LogP contribution in [0.15, 0.2) is 5.16 Å². The molecule has 0 spiro atoms. The Kier molecular flexibility index (Phi) is 2.44. The summed E-state index contributed by atoms with van der Waals surface area (Å²) in [7, 11) is 0. The molecule has 2 aliphatic carbocycles. The van der Waals surface area contributed by atoms with Gasteiger partial charge in [0.1, 0.15) is 0 Å². The normalized spacial score (nSPS) is 36.6. The number of carboxylic acid groups (broad SMARTS) is 1. The summed E-state index contributed by atoms with van der Waals surface area (Å²) in [6, 6.07) is 0. The van der Waals surface area contributed by atoms with Crippen LogP contribution in [0.5, 0.6) is 0 Å². The first kappa shape index (κ1) is 9.49. The quantitative estimate of drug-likeness (QED) is 0.496. The maximum Gasteiger partial charge on any atom is 0.306 e. The van der Waals surface area contributed by atoms with E-state index in [-0.39, 0.29) is 17.8 Å². The van der Waals surface area contributed by atoms with Crippen LogP contribution >= 0.6 is 0 Å². The van der Waals surface area contributed by atoms with E-state index in [9.17, 15) is 4.79 Å². The Morgan fingerprint density at radius 2 is 1.86 bits per heavy atom. The molecule has 0 heterocycles. The molecule has 78 valence electrons. The summed E-state index contributed by atoms with van der Waals surface area (Å²) >= 11 is 0. The predicted octanol–water partition coefficient (Wildman–Crippen LogP) is 1.73. The third kappa shape index (κ3) is 1.49. The molecule has 4 nitrogen and oxygen atoms in total. The van der Waals surface area contributed by atoms with Crippen LogP contribution in [0.4, 0.5) is 0 Å². The third-order valence-electron chi connectivity index (χ3n) is 3.54. The van der Waals surface area contributed by atoms with Crippen molar-refractivity contribution >= 4 is 11.7 Å². The van der Waals surface area contributed by atoms with Crippen LogP contribution in [-0.4, -0.2) is 22.0 Å². The van der Waals surface area contributed by atoms with Gasteiger partial charge in [0.25, 0.3) is 0 Å². The monoisotopic (exact) mass is 197 g/mol. The molecule has 2 atom stereocenters. The van der Waals surface area contributed by atoms with E-state index in [0.29, 0.717) is 12.8 Å². The lowest BCUT2D eigenvalue weighted by Gasteiger charge is -2.37. The van der Waals surface area contributed by atoms with Gasteiger partial charge in [-0.25, -0.2) is 0 Å². The summed E-state index contributed by atoms with van der Waals surface area (Å²) < 4.78 is 0. The van der Waals surface area contributed by atoms with Crippen molar-refractivity contribution in [3.63, 3.8) is 0 Å². The Morgan fingerprint density at radius 1 is 1.29 bits per heavy atom. The van der Waals surface area contributed by atoms with Crippen LogP contribution in [0.3, 0.4) is 0 Å². The van der Waals surface area contributed by atoms with E-state index in [1.165, 1.54) is 0 Å². The summed E-state index contributed by atoms with van der Waals surface area (Å²) in [6.07, 6.45) is 4.43. The SMILES string of the molecule is O=C(O)C1CC2CCCC(C1)C2=NO. The van der Waals surface area contributed by atoms with Crippen LogP contribution in [0.1, 0.15) is 32.1 Å². The largest absolute Gasteiger partial charge is 0.481 e. The van der Waals surface area contributed by atoms with E-state index in [1.54, 1.807) is 0 Å². The van der Waals surface area contributed by atoms with E-state index >= 15 is 0 Å². The smallest absolute Gasteiger partial charge is 0.306 e. The van der Waals surface area contributed by atoms with E-state index in [2.05, 4.69) is 5.16 Å². The first-order chi connectivity index (χ1) is 6.72. The second-order valence-electron chi connectivity index (χ2n) is 4.36. The maximum absolute atomic E-state index is 10.9. The molecule has 2 N–H and O–H groups in total. The van der Waals surface area contributed by atoms with E-state index in [4.69, 9.17) is 10.3 Å². The molecule has 2 bridgehead atoms. The summed E-state index contributed by atoms with van der Waals surface area (Å²) in [5, 5.41) is 21.2. The second kappa shape index (κ2) is 3.59. The number of fused-ring (bicyclic) bond motifs is 2. The van der Waals surface area contributed by atoms with Crippen LogP contribution in [0.25, 0.3) is 0 Å². The van der Waals surface area contributed by atoms with E-state index in [1.807, 2.05) is 0 Å². The third-order valence-corrected chi connectivity index (χ3v) is 3.54. The lowest BCUT2D eigenvalue weighted by Crippen LogP contribution is -2.39. The zero-order valence-electron chi connectivity index (χ0n) is 8.02. The summed E-state index contributed by atoms with van der Waals surface area (Å²) in [5.74, 6) is -0.489. The van der Waals surface area contributed by atoms with Crippen molar-refractivity contribution in [3.05, 3.63) is 0 Å². The molecule has 4 heteroatoms. The van der Waals surface area contributed by atoms with E-state index in [0.717, 1.165) is 25.0 Å².